The van der Waals surface area contributed by atoms with Gasteiger partial charge >= 0.3 is 0 Å². The average molecular weight is 161 g/mol. The highest BCUT2D eigenvalue weighted by molar-refractivity contribution is 7.38. The second-order valence-corrected chi connectivity index (χ2v) is 3.53. The molecule has 1 aliphatic rings. The average Bonchev–Trinajstić information content (AvgIpc) is 1.88. The van der Waals surface area contributed by atoms with E-state index >= 15 is 0 Å². The Kier molecular flexibility index (Phi) is 3.13. The number of hydrogen-bond acceptors (Lipinski definition) is 2. The van der Waals surface area contributed by atoms with E-state index in [9.17, 15) is 4.57 Å². The fourth-order valence-electron chi connectivity index (χ4n) is 1.02. The van der Waals surface area contributed by atoms with Crippen LogP contribution in [-0.2, 0) is 4.57 Å². The highest BCUT2D eigenvalue weighted by Crippen LogP contribution is 2.20. The Balaban J connectivity index is 2.38. The van der Waals surface area contributed by atoms with Crippen LogP contribution < -0.4 is 5.32 Å². The highest BCUT2D eigenvalue weighted by atomic mass is 31.1. The van der Waals surface area contributed by atoms with Gasteiger partial charge in [0, 0.05) is 12.7 Å². The Hall–Kier alpha value is -0.110. The lowest BCUT2D eigenvalue weighted by Gasteiger charge is -2.11. The molecule has 0 aromatic heterocycles. The van der Waals surface area contributed by atoms with E-state index < -0.39 is 8.03 Å². The maximum Gasteiger partial charge on any atom is 0.193 e. The Morgan fingerprint density at radius 1 is 1.80 bits per heavy atom. The highest BCUT2D eigenvalue weighted by Gasteiger charge is 2.04. The summed E-state index contributed by atoms with van der Waals surface area (Å²) in [6.07, 6.45) is 3.32. The van der Waals surface area contributed by atoms with Crippen molar-refractivity contribution in [1.29, 1.82) is 0 Å². The minimum atomic E-state index is -2.28. The fourth-order valence-corrected chi connectivity index (χ4v) is 1.73. The zero-order valence-electron chi connectivity index (χ0n) is 5.76. The third kappa shape index (κ3) is 2.65. The topological polar surface area (TPSA) is 49.3 Å². The van der Waals surface area contributed by atoms with Crippen molar-refractivity contribution in [3.63, 3.8) is 0 Å². The molecule has 1 aliphatic heterocycles. The van der Waals surface area contributed by atoms with Crippen molar-refractivity contribution in [3.05, 3.63) is 11.6 Å². The molecule has 0 aliphatic carbocycles. The summed E-state index contributed by atoms with van der Waals surface area (Å²) in [5, 5.41) is 3.14. The number of hydrogen-bond donors (Lipinski definition) is 2. The first-order valence-electron chi connectivity index (χ1n) is 3.39. The largest absolute Gasteiger partial charge is 0.346 e. The van der Waals surface area contributed by atoms with Gasteiger partial charge in [0.2, 0.25) is 0 Å². The van der Waals surface area contributed by atoms with Crippen molar-refractivity contribution < 1.29 is 9.46 Å². The molecule has 1 heterocycles. The van der Waals surface area contributed by atoms with Crippen LogP contribution >= 0.6 is 8.03 Å². The van der Waals surface area contributed by atoms with Crippen LogP contribution in [0.15, 0.2) is 11.6 Å². The summed E-state index contributed by atoms with van der Waals surface area (Å²) >= 11 is 0. The summed E-state index contributed by atoms with van der Waals surface area (Å²) in [6, 6.07) is 0. The molecule has 0 saturated heterocycles. The predicted molar refractivity (Wildman–Crippen MR) is 41.7 cm³/mol. The maximum atomic E-state index is 10.4. The smallest absolute Gasteiger partial charge is 0.193 e. The normalized spacial score (nSPS) is 21.9. The standard InChI is InChI=1S/C6H12NO2P/c8-10(9)5-6-1-3-7-4-2-6/h1,7,10H,2-5H2,(H,8,9). The van der Waals surface area contributed by atoms with E-state index in [2.05, 4.69) is 5.32 Å². The molecule has 0 bridgehead atoms. The van der Waals surface area contributed by atoms with Crippen LogP contribution in [0, 0.1) is 0 Å². The molecular weight excluding hydrogens is 149 g/mol. The van der Waals surface area contributed by atoms with Gasteiger partial charge in [0.05, 0.1) is 0 Å². The summed E-state index contributed by atoms with van der Waals surface area (Å²) in [5.41, 5.74) is 1.13. The first kappa shape index (κ1) is 7.99. The molecule has 1 atom stereocenters. The molecule has 0 aromatic carbocycles. The van der Waals surface area contributed by atoms with Crippen molar-refractivity contribution >= 4 is 8.03 Å². The molecule has 3 nitrogen and oxygen atoms in total. The second kappa shape index (κ2) is 3.91. The number of nitrogens with one attached hydrogen (secondary N) is 1. The Morgan fingerprint density at radius 2 is 2.60 bits per heavy atom. The molecule has 10 heavy (non-hydrogen) atoms. The third-order valence-corrected chi connectivity index (χ3v) is 2.29. The summed E-state index contributed by atoms with van der Waals surface area (Å²) in [4.78, 5) is 8.59. The lowest BCUT2D eigenvalue weighted by Crippen LogP contribution is -2.21. The molecule has 0 aromatic rings. The minimum Gasteiger partial charge on any atom is -0.346 e. The van der Waals surface area contributed by atoms with Gasteiger partial charge in [-0.25, -0.2) is 0 Å². The lowest BCUT2D eigenvalue weighted by atomic mass is 10.1. The molecule has 4 heteroatoms. The van der Waals surface area contributed by atoms with Gasteiger partial charge in [-0.1, -0.05) is 11.6 Å². The molecule has 1 unspecified atom stereocenters. The Bertz CT molecular complexity index is 167. The van der Waals surface area contributed by atoms with Crippen LogP contribution in [0.4, 0.5) is 0 Å². The number of rotatable bonds is 2. The van der Waals surface area contributed by atoms with Crippen molar-refractivity contribution in [2.75, 3.05) is 19.3 Å². The van der Waals surface area contributed by atoms with Crippen LogP contribution in [0.3, 0.4) is 0 Å². The third-order valence-electron chi connectivity index (χ3n) is 1.54. The van der Waals surface area contributed by atoms with E-state index in [4.69, 9.17) is 4.89 Å². The van der Waals surface area contributed by atoms with E-state index in [0.717, 1.165) is 25.1 Å². The SMILES string of the molecule is O=[PH](O)CC1=CCNCC1. The summed E-state index contributed by atoms with van der Waals surface area (Å²) < 4.78 is 10.4. The quantitative estimate of drug-likeness (QED) is 0.454. The second-order valence-electron chi connectivity index (χ2n) is 2.39. The summed E-state index contributed by atoms with van der Waals surface area (Å²) in [5.74, 6) is 0. The molecule has 1 rings (SSSR count). The predicted octanol–water partition coefficient (Wildman–Crippen LogP) is 0.373. The minimum absolute atomic E-state index is 0.395. The fraction of sp³-hybridized carbons (Fsp3) is 0.667. The van der Waals surface area contributed by atoms with Crippen LogP contribution in [0.5, 0.6) is 0 Å². The molecule has 0 spiro atoms. The molecule has 0 amide bonds. The van der Waals surface area contributed by atoms with Gasteiger partial charge in [0.1, 0.15) is 0 Å². The van der Waals surface area contributed by atoms with Crippen LogP contribution in [0.2, 0.25) is 0 Å². The van der Waals surface area contributed by atoms with Gasteiger partial charge in [0.25, 0.3) is 0 Å². The van der Waals surface area contributed by atoms with Crippen molar-refractivity contribution in [2.24, 2.45) is 0 Å². The molecular formula is C6H12NO2P. The van der Waals surface area contributed by atoms with Gasteiger partial charge in [-0.3, -0.25) is 4.57 Å². The van der Waals surface area contributed by atoms with E-state index in [1.807, 2.05) is 6.08 Å². The van der Waals surface area contributed by atoms with Crippen LogP contribution in [-0.4, -0.2) is 24.1 Å². The van der Waals surface area contributed by atoms with Gasteiger partial charge < -0.3 is 10.2 Å². The molecule has 2 N–H and O–H groups in total. The van der Waals surface area contributed by atoms with Crippen molar-refractivity contribution in [1.82, 2.24) is 5.32 Å². The zero-order valence-corrected chi connectivity index (χ0v) is 6.76. The maximum absolute atomic E-state index is 10.4. The van der Waals surface area contributed by atoms with Gasteiger partial charge in [-0.15, -0.1) is 0 Å². The van der Waals surface area contributed by atoms with Crippen molar-refractivity contribution in [2.45, 2.75) is 6.42 Å². The molecule has 0 radical (unpaired) electrons. The van der Waals surface area contributed by atoms with Crippen LogP contribution in [0.1, 0.15) is 6.42 Å². The molecule has 0 fully saturated rings. The van der Waals surface area contributed by atoms with Gasteiger partial charge in [-0.2, -0.15) is 0 Å². The molecule has 58 valence electrons. The monoisotopic (exact) mass is 161 g/mol. The summed E-state index contributed by atoms with van der Waals surface area (Å²) in [6.45, 7) is 1.80. The first-order valence-corrected chi connectivity index (χ1v) is 4.95. The Labute approximate surface area is 61.0 Å². The van der Waals surface area contributed by atoms with E-state index in [1.54, 1.807) is 0 Å². The van der Waals surface area contributed by atoms with Gasteiger partial charge in [-0.05, 0) is 13.0 Å². The van der Waals surface area contributed by atoms with E-state index in [0.29, 0.717) is 6.16 Å². The van der Waals surface area contributed by atoms with Crippen LogP contribution in [0.25, 0.3) is 0 Å². The van der Waals surface area contributed by atoms with E-state index in [-0.39, 0.29) is 0 Å². The molecule has 0 saturated carbocycles. The Morgan fingerprint density at radius 3 is 3.10 bits per heavy atom. The first-order chi connectivity index (χ1) is 4.79. The lowest BCUT2D eigenvalue weighted by molar-refractivity contribution is 0.504. The zero-order chi connectivity index (χ0) is 7.40. The van der Waals surface area contributed by atoms with Crippen molar-refractivity contribution in [3.8, 4) is 0 Å². The summed E-state index contributed by atoms with van der Waals surface area (Å²) in [7, 11) is -2.28. The van der Waals surface area contributed by atoms with E-state index in [1.165, 1.54) is 0 Å². The van der Waals surface area contributed by atoms with Gasteiger partial charge in [0.15, 0.2) is 8.03 Å².